The number of halogens is 1. The lowest BCUT2D eigenvalue weighted by molar-refractivity contribution is -0.138. The number of urea groups is 1. The second-order valence-electron chi connectivity index (χ2n) is 7.58. The largest absolute Gasteiger partial charge is 0.344 e. The van der Waals surface area contributed by atoms with Crippen LogP contribution < -0.4 is 10.7 Å². The maximum absolute atomic E-state index is 13.2. The number of hydrogen-bond donors (Lipinski definition) is 2. The van der Waals surface area contributed by atoms with E-state index < -0.39 is 23.4 Å². The molecular formula is C23H23ClN6O3S. The Morgan fingerprint density at radius 2 is 1.88 bits per heavy atom. The lowest BCUT2D eigenvalue weighted by Gasteiger charge is -2.25. The maximum Gasteiger partial charge on any atom is 0.344 e. The summed E-state index contributed by atoms with van der Waals surface area (Å²) in [5.74, 6) is -0.458. The van der Waals surface area contributed by atoms with Crippen LogP contribution in [0.15, 0.2) is 59.8 Å². The third-order valence-electron chi connectivity index (χ3n) is 5.57. The molecule has 2 heterocycles. The van der Waals surface area contributed by atoms with E-state index in [1.165, 1.54) is 0 Å². The maximum atomic E-state index is 13.2. The lowest BCUT2D eigenvalue weighted by Crippen LogP contribution is -2.49. The summed E-state index contributed by atoms with van der Waals surface area (Å²) in [6, 6.07) is 15.6. The number of nitrogens with zero attached hydrogens (tertiary/aromatic N) is 4. The van der Waals surface area contributed by atoms with Crippen molar-refractivity contribution < 1.29 is 14.4 Å². The zero-order valence-electron chi connectivity index (χ0n) is 18.6. The predicted octanol–water partition coefficient (Wildman–Crippen LogP) is 3.60. The molecule has 11 heteroatoms. The number of amides is 4. The molecule has 0 radical (unpaired) electrons. The molecule has 1 saturated heterocycles. The zero-order valence-corrected chi connectivity index (χ0v) is 20.2. The van der Waals surface area contributed by atoms with E-state index in [2.05, 4.69) is 20.9 Å². The number of imide groups is 1. The van der Waals surface area contributed by atoms with E-state index in [1.807, 2.05) is 29.7 Å². The average Bonchev–Trinajstić information content (AvgIpc) is 3.37. The molecule has 0 aliphatic carbocycles. The van der Waals surface area contributed by atoms with Gasteiger partial charge in [-0.2, -0.15) is 5.01 Å². The molecule has 1 atom stereocenters. The first-order valence-corrected chi connectivity index (χ1v) is 12.1. The van der Waals surface area contributed by atoms with Crippen molar-refractivity contribution in [3.63, 3.8) is 0 Å². The molecule has 1 aliphatic heterocycles. The van der Waals surface area contributed by atoms with Crippen molar-refractivity contribution in [3.8, 4) is 11.4 Å². The Morgan fingerprint density at radius 3 is 2.56 bits per heavy atom. The van der Waals surface area contributed by atoms with E-state index in [9.17, 15) is 14.4 Å². The second kappa shape index (κ2) is 9.86. The Kier molecular flexibility index (Phi) is 6.90. The van der Waals surface area contributed by atoms with E-state index in [0.29, 0.717) is 34.5 Å². The molecule has 34 heavy (non-hydrogen) atoms. The van der Waals surface area contributed by atoms with Crippen molar-refractivity contribution >= 4 is 41.2 Å². The number of hydrogen-bond acceptors (Lipinski definition) is 6. The highest BCUT2D eigenvalue weighted by molar-refractivity contribution is 7.99. The first-order chi connectivity index (χ1) is 16.4. The summed E-state index contributed by atoms with van der Waals surface area (Å²) in [5.41, 5.74) is 2.69. The molecule has 4 rings (SSSR count). The van der Waals surface area contributed by atoms with Crippen molar-refractivity contribution in [1.29, 1.82) is 0 Å². The summed E-state index contributed by atoms with van der Waals surface area (Å²) in [4.78, 5) is 38.4. The highest BCUT2D eigenvalue weighted by Crippen LogP contribution is 2.31. The molecule has 2 N–H and O–H groups in total. The molecular weight excluding hydrogens is 476 g/mol. The quantitative estimate of drug-likeness (QED) is 0.363. The summed E-state index contributed by atoms with van der Waals surface area (Å²) < 4.78 is 1.87. The van der Waals surface area contributed by atoms with Gasteiger partial charge in [-0.25, -0.2) is 4.79 Å². The number of benzene rings is 2. The van der Waals surface area contributed by atoms with Crippen molar-refractivity contribution in [2.45, 2.75) is 37.5 Å². The Morgan fingerprint density at radius 1 is 1.12 bits per heavy atom. The monoisotopic (exact) mass is 498 g/mol. The standard InChI is InChI=1S/C23H23ClN6O3S/c1-3-23(16-10-6-5-7-11-16)20(32)30(21(33)25-23)28-18(31)14-34-22-27-26-19(29(22)4-2)15-9-8-12-17(24)13-15/h5-13H,3-4,14H2,1-2H3,(H,25,33)(H,28,31). The number of carbonyl (C=O) groups excluding carboxylic acids is 3. The summed E-state index contributed by atoms with van der Waals surface area (Å²) in [7, 11) is 0. The summed E-state index contributed by atoms with van der Waals surface area (Å²) in [5, 5.41) is 13.0. The van der Waals surface area contributed by atoms with E-state index >= 15 is 0 Å². The number of aromatic nitrogens is 3. The topological polar surface area (TPSA) is 109 Å². The minimum atomic E-state index is -1.22. The van der Waals surface area contributed by atoms with Gasteiger partial charge in [0.25, 0.3) is 5.91 Å². The van der Waals surface area contributed by atoms with Gasteiger partial charge in [0.2, 0.25) is 5.91 Å². The molecule has 176 valence electrons. The number of hydrazine groups is 1. The fourth-order valence-corrected chi connectivity index (χ4v) is 4.83. The van der Waals surface area contributed by atoms with Crippen LogP contribution >= 0.6 is 23.4 Å². The van der Waals surface area contributed by atoms with Crippen molar-refractivity contribution in [2.24, 2.45) is 0 Å². The van der Waals surface area contributed by atoms with Crippen LogP contribution in [0.4, 0.5) is 4.79 Å². The Balaban J connectivity index is 1.45. The highest BCUT2D eigenvalue weighted by atomic mass is 35.5. The van der Waals surface area contributed by atoms with Crippen LogP contribution in [-0.4, -0.2) is 43.4 Å². The number of rotatable bonds is 8. The van der Waals surface area contributed by atoms with Gasteiger partial charge in [0.1, 0.15) is 5.54 Å². The third kappa shape index (κ3) is 4.38. The van der Waals surface area contributed by atoms with Crippen LogP contribution in [0, 0.1) is 0 Å². The van der Waals surface area contributed by atoms with Crippen LogP contribution in [0.1, 0.15) is 25.8 Å². The van der Waals surface area contributed by atoms with Gasteiger partial charge in [-0.1, -0.05) is 72.8 Å². The molecule has 3 aromatic rings. The number of carbonyl (C=O) groups is 3. The molecule has 9 nitrogen and oxygen atoms in total. The Hall–Kier alpha value is -3.37. The fourth-order valence-electron chi connectivity index (χ4n) is 3.85. The summed E-state index contributed by atoms with van der Waals surface area (Å²) >= 11 is 7.26. The van der Waals surface area contributed by atoms with Crippen LogP contribution in [0.25, 0.3) is 11.4 Å². The average molecular weight is 499 g/mol. The number of thioether (sulfide) groups is 1. The van der Waals surface area contributed by atoms with Crippen LogP contribution in [-0.2, 0) is 21.7 Å². The first kappa shape index (κ1) is 23.8. The molecule has 4 amide bonds. The van der Waals surface area contributed by atoms with Gasteiger partial charge >= 0.3 is 6.03 Å². The van der Waals surface area contributed by atoms with Gasteiger partial charge in [0, 0.05) is 17.1 Å². The van der Waals surface area contributed by atoms with Crippen LogP contribution in [0.3, 0.4) is 0 Å². The van der Waals surface area contributed by atoms with E-state index in [1.54, 1.807) is 43.3 Å². The van der Waals surface area contributed by atoms with Gasteiger partial charge in [0.15, 0.2) is 11.0 Å². The van der Waals surface area contributed by atoms with Crippen molar-refractivity contribution in [2.75, 3.05) is 5.75 Å². The molecule has 2 aromatic carbocycles. The molecule has 0 spiro atoms. The van der Waals surface area contributed by atoms with E-state index in [0.717, 1.165) is 22.3 Å². The second-order valence-corrected chi connectivity index (χ2v) is 8.96. The predicted molar refractivity (Wildman–Crippen MR) is 129 cm³/mol. The van der Waals surface area contributed by atoms with Crippen molar-refractivity contribution in [1.82, 2.24) is 30.5 Å². The van der Waals surface area contributed by atoms with Gasteiger partial charge < -0.3 is 9.88 Å². The van der Waals surface area contributed by atoms with E-state index in [4.69, 9.17) is 11.6 Å². The molecule has 1 aromatic heterocycles. The van der Waals surface area contributed by atoms with Crippen LogP contribution in [0.2, 0.25) is 5.02 Å². The Labute approximate surface area is 205 Å². The molecule has 1 fully saturated rings. The van der Waals surface area contributed by atoms with Gasteiger partial charge in [-0.3, -0.25) is 15.0 Å². The zero-order chi connectivity index (χ0) is 24.3. The lowest BCUT2D eigenvalue weighted by atomic mass is 9.87. The smallest absolute Gasteiger partial charge is 0.318 e. The van der Waals surface area contributed by atoms with E-state index in [-0.39, 0.29) is 5.75 Å². The van der Waals surface area contributed by atoms with Gasteiger partial charge in [-0.15, -0.1) is 10.2 Å². The molecule has 0 bridgehead atoms. The fraction of sp³-hybridized carbons (Fsp3) is 0.261. The SMILES string of the molecule is CCn1c(SCC(=O)NN2C(=O)NC(CC)(c3ccccc3)C2=O)nnc1-c1cccc(Cl)c1. The normalized spacial score (nSPS) is 17.7. The van der Waals surface area contributed by atoms with Crippen molar-refractivity contribution in [3.05, 3.63) is 65.2 Å². The van der Waals surface area contributed by atoms with Gasteiger partial charge in [-0.05, 0) is 31.0 Å². The minimum absolute atomic E-state index is 0.0603. The highest BCUT2D eigenvalue weighted by Gasteiger charge is 2.52. The Bertz CT molecular complexity index is 1230. The molecule has 0 saturated carbocycles. The summed E-state index contributed by atoms with van der Waals surface area (Å²) in [6.07, 6.45) is 0.342. The first-order valence-electron chi connectivity index (χ1n) is 10.7. The minimum Gasteiger partial charge on any atom is -0.318 e. The molecule has 1 aliphatic rings. The molecule has 1 unspecified atom stereocenters. The third-order valence-corrected chi connectivity index (χ3v) is 6.78. The summed E-state index contributed by atoms with van der Waals surface area (Å²) in [6.45, 7) is 4.34. The van der Waals surface area contributed by atoms with Gasteiger partial charge in [0.05, 0.1) is 5.75 Å². The number of nitrogens with one attached hydrogen (secondary N) is 2. The van der Waals surface area contributed by atoms with Crippen LogP contribution in [0.5, 0.6) is 0 Å².